The Morgan fingerprint density at radius 2 is 1.54 bits per heavy atom. The molecule has 0 fully saturated rings. The SMILES string of the molecule is CCC(=O)OC1=C(c2ccc(Br)cc2)C(=O)c2ccccc2C1=O. The molecule has 5 heteroatoms. The monoisotopic (exact) mass is 384 g/mol. The minimum atomic E-state index is -0.555. The maximum absolute atomic E-state index is 12.9. The molecule has 2 aromatic rings. The molecule has 0 aromatic heterocycles. The van der Waals surface area contributed by atoms with Gasteiger partial charge >= 0.3 is 5.97 Å². The van der Waals surface area contributed by atoms with Gasteiger partial charge in [-0.05, 0) is 17.7 Å². The molecule has 120 valence electrons. The number of hydrogen-bond donors (Lipinski definition) is 0. The van der Waals surface area contributed by atoms with E-state index in [1.807, 2.05) is 0 Å². The average molecular weight is 385 g/mol. The van der Waals surface area contributed by atoms with Gasteiger partial charge in [0.25, 0.3) is 0 Å². The van der Waals surface area contributed by atoms with E-state index in [9.17, 15) is 14.4 Å². The standard InChI is InChI=1S/C19H13BrO4/c1-2-15(21)24-19-16(11-7-9-12(20)10-8-11)17(22)13-5-3-4-6-14(13)18(19)23/h3-10H,2H2,1H3. The number of ketones is 2. The van der Waals surface area contributed by atoms with Gasteiger partial charge in [0.1, 0.15) is 0 Å². The lowest BCUT2D eigenvalue weighted by Crippen LogP contribution is -2.24. The molecular weight excluding hydrogens is 372 g/mol. The first-order valence-electron chi connectivity index (χ1n) is 7.42. The van der Waals surface area contributed by atoms with Crippen LogP contribution >= 0.6 is 15.9 Å². The predicted octanol–water partition coefficient (Wildman–Crippen LogP) is 4.19. The molecule has 0 heterocycles. The summed E-state index contributed by atoms with van der Waals surface area (Å²) >= 11 is 3.34. The molecule has 24 heavy (non-hydrogen) atoms. The van der Waals surface area contributed by atoms with E-state index in [-0.39, 0.29) is 29.1 Å². The Kier molecular flexibility index (Phi) is 4.44. The van der Waals surface area contributed by atoms with Crippen LogP contribution in [0.1, 0.15) is 39.6 Å². The molecule has 0 bridgehead atoms. The predicted molar refractivity (Wildman–Crippen MR) is 92.5 cm³/mol. The van der Waals surface area contributed by atoms with Crippen LogP contribution < -0.4 is 0 Å². The Morgan fingerprint density at radius 3 is 2.12 bits per heavy atom. The topological polar surface area (TPSA) is 60.4 Å². The van der Waals surface area contributed by atoms with Crippen molar-refractivity contribution in [3.05, 3.63) is 75.5 Å². The Morgan fingerprint density at radius 1 is 0.958 bits per heavy atom. The minimum Gasteiger partial charge on any atom is -0.421 e. The van der Waals surface area contributed by atoms with Crippen LogP contribution in [0.3, 0.4) is 0 Å². The van der Waals surface area contributed by atoms with Crippen LogP contribution in [0.5, 0.6) is 0 Å². The molecule has 4 nitrogen and oxygen atoms in total. The third kappa shape index (κ3) is 2.83. The van der Waals surface area contributed by atoms with Gasteiger partial charge in [-0.1, -0.05) is 59.3 Å². The number of fused-ring (bicyclic) bond motifs is 1. The number of halogens is 1. The van der Waals surface area contributed by atoms with Crippen molar-refractivity contribution in [2.45, 2.75) is 13.3 Å². The normalized spacial score (nSPS) is 13.8. The van der Waals surface area contributed by atoms with E-state index in [0.29, 0.717) is 11.1 Å². The Labute approximate surface area is 147 Å². The van der Waals surface area contributed by atoms with Crippen molar-refractivity contribution < 1.29 is 19.1 Å². The van der Waals surface area contributed by atoms with E-state index in [4.69, 9.17) is 4.74 Å². The summed E-state index contributed by atoms with van der Waals surface area (Å²) in [5.41, 5.74) is 1.22. The second-order valence-corrected chi connectivity index (χ2v) is 6.16. The van der Waals surface area contributed by atoms with Crippen LogP contribution in [0.25, 0.3) is 5.57 Å². The molecule has 0 unspecified atom stereocenters. The molecule has 2 aromatic carbocycles. The molecule has 0 saturated carbocycles. The lowest BCUT2D eigenvalue weighted by Gasteiger charge is -2.20. The Hall–Kier alpha value is -2.53. The van der Waals surface area contributed by atoms with Gasteiger partial charge in [0.15, 0.2) is 11.5 Å². The molecular formula is C19H13BrO4. The third-order valence-corrected chi connectivity index (χ3v) is 4.24. The summed E-state index contributed by atoms with van der Waals surface area (Å²) in [6.07, 6.45) is 0.111. The number of benzene rings is 2. The van der Waals surface area contributed by atoms with Gasteiger partial charge < -0.3 is 4.74 Å². The Balaban J connectivity index is 2.22. The van der Waals surface area contributed by atoms with E-state index in [0.717, 1.165) is 4.47 Å². The summed E-state index contributed by atoms with van der Waals surface area (Å²) in [4.78, 5) is 37.4. The maximum Gasteiger partial charge on any atom is 0.311 e. The second kappa shape index (κ2) is 6.53. The Bertz CT molecular complexity index is 878. The zero-order chi connectivity index (χ0) is 17.3. The third-order valence-electron chi connectivity index (χ3n) is 3.71. The van der Waals surface area contributed by atoms with Crippen molar-refractivity contribution in [1.82, 2.24) is 0 Å². The first-order chi connectivity index (χ1) is 11.5. The summed E-state index contributed by atoms with van der Waals surface area (Å²) in [7, 11) is 0. The van der Waals surface area contributed by atoms with Crippen LogP contribution in [0, 0.1) is 0 Å². The van der Waals surface area contributed by atoms with Gasteiger partial charge in [-0.15, -0.1) is 0 Å². The first-order valence-corrected chi connectivity index (χ1v) is 8.21. The van der Waals surface area contributed by atoms with Gasteiger partial charge in [-0.2, -0.15) is 0 Å². The molecule has 0 aliphatic heterocycles. The number of allylic oxidation sites excluding steroid dienone is 2. The van der Waals surface area contributed by atoms with E-state index in [2.05, 4.69) is 15.9 Å². The number of Topliss-reactive ketones (excluding diaryl/α,β-unsaturated/α-hetero) is 2. The second-order valence-electron chi connectivity index (χ2n) is 5.24. The lowest BCUT2D eigenvalue weighted by atomic mass is 9.85. The van der Waals surface area contributed by atoms with Gasteiger partial charge in [0.05, 0.1) is 5.57 Å². The molecule has 3 rings (SSSR count). The molecule has 0 N–H and O–H groups in total. The van der Waals surface area contributed by atoms with Gasteiger partial charge in [-0.3, -0.25) is 14.4 Å². The fraction of sp³-hybridized carbons (Fsp3) is 0.105. The van der Waals surface area contributed by atoms with Crippen LogP contribution in [0.2, 0.25) is 0 Å². The van der Waals surface area contributed by atoms with Crippen molar-refractivity contribution in [3.63, 3.8) is 0 Å². The highest BCUT2D eigenvalue weighted by molar-refractivity contribution is 9.10. The highest BCUT2D eigenvalue weighted by atomic mass is 79.9. The smallest absolute Gasteiger partial charge is 0.311 e. The molecule has 0 amide bonds. The highest BCUT2D eigenvalue weighted by Gasteiger charge is 2.35. The number of rotatable bonds is 3. The van der Waals surface area contributed by atoms with Crippen LogP contribution in [-0.4, -0.2) is 17.5 Å². The van der Waals surface area contributed by atoms with Gasteiger partial charge in [-0.25, -0.2) is 0 Å². The lowest BCUT2D eigenvalue weighted by molar-refractivity contribution is -0.138. The summed E-state index contributed by atoms with van der Waals surface area (Å²) in [6.45, 7) is 1.63. The largest absolute Gasteiger partial charge is 0.421 e. The summed E-state index contributed by atoms with van der Waals surface area (Å²) in [5.74, 6) is -1.54. The van der Waals surface area contributed by atoms with E-state index < -0.39 is 11.8 Å². The highest BCUT2D eigenvalue weighted by Crippen LogP contribution is 2.33. The zero-order valence-electron chi connectivity index (χ0n) is 12.8. The zero-order valence-corrected chi connectivity index (χ0v) is 14.4. The van der Waals surface area contributed by atoms with E-state index >= 15 is 0 Å². The van der Waals surface area contributed by atoms with Crippen LogP contribution in [0.4, 0.5) is 0 Å². The number of carbonyl (C=O) groups excluding carboxylic acids is 3. The van der Waals surface area contributed by atoms with Crippen LogP contribution in [-0.2, 0) is 9.53 Å². The summed E-state index contributed by atoms with van der Waals surface area (Å²) in [5, 5.41) is 0. The molecule has 1 aliphatic carbocycles. The molecule has 0 atom stereocenters. The number of ether oxygens (including phenoxy) is 1. The number of hydrogen-bond acceptors (Lipinski definition) is 4. The summed E-state index contributed by atoms with van der Waals surface area (Å²) in [6, 6.07) is 13.5. The number of esters is 1. The minimum absolute atomic E-state index is 0.111. The van der Waals surface area contributed by atoms with Crippen molar-refractivity contribution in [2.75, 3.05) is 0 Å². The van der Waals surface area contributed by atoms with Crippen molar-refractivity contribution in [2.24, 2.45) is 0 Å². The quantitative estimate of drug-likeness (QED) is 0.744. The van der Waals surface area contributed by atoms with Gasteiger partial charge in [0, 0.05) is 22.0 Å². The fourth-order valence-corrected chi connectivity index (χ4v) is 2.78. The van der Waals surface area contributed by atoms with Crippen LogP contribution in [0.15, 0.2) is 58.8 Å². The fourth-order valence-electron chi connectivity index (χ4n) is 2.51. The first kappa shape index (κ1) is 16.3. The molecule has 0 radical (unpaired) electrons. The summed E-state index contributed by atoms with van der Waals surface area (Å²) < 4.78 is 6.08. The molecule has 1 aliphatic rings. The number of carbonyl (C=O) groups is 3. The maximum atomic E-state index is 12.9. The molecule has 0 spiro atoms. The van der Waals surface area contributed by atoms with E-state index in [1.165, 1.54) is 0 Å². The van der Waals surface area contributed by atoms with Gasteiger partial charge in [0.2, 0.25) is 5.78 Å². The van der Waals surface area contributed by atoms with E-state index in [1.54, 1.807) is 55.5 Å². The van der Waals surface area contributed by atoms with Crippen molar-refractivity contribution >= 4 is 39.0 Å². The van der Waals surface area contributed by atoms with Crippen molar-refractivity contribution in [1.29, 1.82) is 0 Å². The molecule has 0 saturated heterocycles. The average Bonchev–Trinajstić information content (AvgIpc) is 2.60. The van der Waals surface area contributed by atoms with Crippen molar-refractivity contribution in [3.8, 4) is 0 Å².